The fourth-order valence-electron chi connectivity index (χ4n) is 5.89. The summed E-state index contributed by atoms with van der Waals surface area (Å²) in [5, 5.41) is 10.2. The average molecular weight is 819 g/mol. The molecule has 1 unspecified atom stereocenters. The number of nitrogens with one attached hydrogen (secondary N) is 2. The molecule has 0 radical (unpaired) electrons. The van der Waals surface area contributed by atoms with Gasteiger partial charge in [-0.15, -0.1) is 0 Å². The number of aromatic nitrogens is 3. The molecule has 1 fully saturated rings. The summed E-state index contributed by atoms with van der Waals surface area (Å²) in [6.07, 6.45) is 6.39. The molecule has 60 heavy (non-hydrogen) atoms. The van der Waals surface area contributed by atoms with Crippen LogP contribution in [0.5, 0.6) is 0 Å². The van der Waals surface area contributed by atoms with Crippen molar-refractivity contribution in [3.63, 3.8) is 0 Å². The van der Waals surface area contributed by atoms with Gasteiger partial charge in [0.2, 0.25) is 0 Å². The van der Waals surface area contributed by atoms with Gasteiger partial charge in [-0.05, 0) is 88.4 Å². The summed E-state index contributed by atoms with van der Waals surface area (Å²) in [5.74, 6) is 0.890. The molecule has 0 amide bonds. The minimum atomic E-state index is 0. The number of benzene rings is 3. The van der Waals surface area contributed by atoms with E-state index in [1.54, 1.807) is 6.20 Å². The lowest BCUT2D eigenvalue weighted by Crippen LogP contribution is -2.36. The van der Waals surface area contributed by atoms with E-state index in [1.165, 1.54) is 48.3 Å². The van der Waals surface area contributed by atoms with Crippen LogP contribution >= 0.6 is 0 Å². The summed E-state index contributed by atoms with van der Waals surface area (Å²) in [6.45, 7) is 42.4. The Morgan fingerprint density at radius 3 is 1.03 bits per heavy atom. The molecule has 1 aliphatic rings. The van der Waals surface area contributed by atoms with Crippen molar-refractivity contribution in [1.29, 1.82) is 0 Å². The van der Waals surface area contributed by atoms with Crippen molar-refractivity contribution in [1.82, 2.24) is 20.5 Å². The fourth-order valence-corrected chi connectivity index (χ4v) is 5.89. The van der Waals surface area contributed by atoms with E-state index in [0.717, 1.165) is 11.6 Å². The number of H-pyrrole nitrogens is 1. The highest BCUT2D eigenvalue weighted by Gasteiger charge is 2.25. The molecule has 4 heteroatoms. The van der Waals surface area contributed by atoms with Crippen molar-refractivity contribution in [3.05, 3.63) is 156 Å². The zero-order valence-electron chi connectivity index (χ0n) is 40.9. The molecular weight excluding hydrogens is 729 g/mol. The first-order valence-corrected chi connectivity index (χ1v) is 21.9. The summed E-state index contributed by atoms with van der Waals surface area (Å²) < 4.78 is 0. The van der Waals surface area contributed by atoms with E-state index in [0.29, 0.717) is 21.7 Å². The van der Waals surface area contributed by atoms with Crippen LogP contribution in [0.3, 0.4) is 0 Å². The molecule has 1 aliphatic heterocycles. The molecule has 6 rings (SSSR count). The number of aromatic amines is 1. The molecule has 0 spiro atoms. The molecule has 3 heterocycles. The highest BCUT2D eigenvalue weighted by atomic mass is 15.1. The van der Waals surface area contributed by atoms with Crippen molar-refractivity contribution in [2.24, 2.45) is 11.3 Å². The lowest BCUT2D eigenvalue weighted by Gasteiger charge is -2.34. The smallest absolute Gasteiger partial charge is 0.0490 e. The van der Waals surface area contributed by atoms with Gasteiger partial charge in [-0.3, -0.25) is 10.1 Å². The van der Waals surface area contributed by atoms with E-state index in [9.17, 15) is 0 Å². The average Bonchev–Trinajstić information content (AvgIpc) is 3.73. The van der Waals surface area contributed by atoms with E-state index in [4.69, 9.17) is 0 Å². The van der Waals surface area contributed by atoms with Gasteiger partial charge >= 0.3 is 0 Å². The first kappa shape index (κ1) is 56.0. The molecule has 2 N–H and O–H groups in total. The van der Waals surface area contributed by atoms with Crippen molar-refractivity contribution in [3.8, 4) is 0 Å². The van der Waals surface area contributed by atoms with Gasteiger partial charge in [-0.25, -0.2) is 0 Å². The number of hydrogen-bond acceptors (Lipinski definition) is 3. The molecule has 1 saturated heterocycles. The second-order valence-electron chi connectivity index (χ2n) is 21.9. The Labute approximate surface area is 371 Å². The van der Waals surface area contributed by atoms with E-state index >= 15 is 0 Å². The maximum absolute atomic E-state index is 4.25. The summed E-state index contributed by atoms with van der Waals surface area (Å²) >= 11 is 0. The molecule has 2 aromatic heterocycles. The van der Waals surface area contributed by atoms with E-state index in [2.05, 4.69) is 242 Å². The standard InChI is InChI=1S/3C10H14.C9H19N.C9H13N.C7H12N2.CH4/c3*1-10(2,3)9-7-5-4-6-8-9;1-9(2,3)8-5-4-6-10-7-8;1-9(2,3)8-6-4-5-7-10-8;1-7(2,3)6-4-5-8-9-6;/h3*4-8H,1-3H3;8,10H,4-7H2,1-3H3;4-7H,1-3H3;4-5H,1-3H3,(H,8,9);1H4. The van der Waals surface area contributed by atoms with Crippen LogP contribution in [0.15, 0.2) is 128 Å². The summed E-state index contributed by atoms with van der Waals surface area (Å²) in [7, 11) is 0. The van der Waals surface area contributed by atoms with Gasteiger partial charge in [0.1, 0.15) is 0 Å². The molecule has 0 bridgehead atoms. The SMILES string of the molecule is C.CC(C)(C)C1CCCNC1.CC(C)(C)c1ccccc1.CC(C)(C)c1ccccc1.CC(C)(C)c1ccccc1.CC(C)(C)c1ccccn1.CC(C)(C)c1ccn[nH]1. The van der Waals surface area contributed by atoms with Crippen molar-refractivity contribution in [2.45, 2.75) is 172 Å². The van der Waals surface area contributed by atoms with Crippen LogP contribution in [0.4, 0.5) is 0 Å². The fraction of sp³-hybridized carbons (Fsp3) is 0.536. The largest absolute Gasteiger partial charge is 0.316 e. The number of nitrogens with zero attached hydrogens (tertiary/aromatic N) is 2. The number of pyridine rings is 1. The lowest BCUT2D eigenvalue weighted by molar-refractivity contribution is 0.193. The predicted octanol–water partition coefficient (Wildman–Crippen LogP) is 15.7. The second kappa shape index (κ2) is 25.7. The van der Waals surface area contributed by atoms with Crippen LogP contribution in [0, 0.1) is 11.3 Å². The molecular formula is C56H90N4. The van der Waals surface area contributed by atoms with Gasteiger partial charge in [0, 0.05) is 34.6 Å². The predicted molar refractivity (Wildman–Crippen MR) is 267 cm³/mol. The summed E-state index contributed by atoms with van der Waals surface area (Å²) in [6, 6.07) is 39.7. The zero-order valence-corrected chi connectivity index (χ0v) is 40.9. The van der Waals surface area contributed by atoms with Gasteiger partial charge in [0.05, 0.1) is 0 Å². The Bertz CT molecular complexity index is 1530. The first-order chi connectivity index (χ1) is 27.1. The lowest BCUT2D eigenvalue weighted by atomic mass is 9.77. The maximum atomic E-state index is 4.25. The number of hydrogen-bond donors (Lipinski definition) is 2. The van der Waals surface area contributed by atoms with Gasteiger partial charge in [-0.1, -0.05) is 229 Å². The van der Waals surface area contributed by atoms with Crippen LogP contribution < -0.4 is 5.32 Å². The van der Waals surface area contributed by atoms with Gasteiger partial charge in [-0.2, -0.15) is 5.10 Å². The normalized spacial score (nSPS) is 14.2. The molecule has 5 aromatic rings. The monoisotopic (exact) mass is 819 g/mol. The van der Waals surface area contributed by atoms with Crippen LogP contribution in [0.1, 0.15) is 173 Å². The van der Waals surface area contributed by atoms with Crippen LogP contribution in [0.25, 0.3) is 0 Å². The Morgan fingerprint density at radius 2 is 0.850 bits per heavy atom. The van der Waals surface area contributed by atoms with E-state index in [-0.39, 0.29) is 18.3 Å². The first-order valence-electron chi connectivity index (χ1n) is 21.9. The molecule has 334 valence electrons. The number of rotatable bonds is 0. The molecule has 4 nitrogen and oxygen atoms in total. The highest BCUT2D eigenvalue weighted by Crippen LogP contribution is 2.30. The summed E-state index contributed by atoms with van der Waals surface area (Å²) in [5.41, 5.74) is 8.30. The van der Waals surface area contributed by atoms with Gasteiger partial charge in [0.25, 0.3) is 0 Å². The van der Waals surface area contributed by atoms with Crippen LogP contribution in [0.2, 0.25) is 0 Å². The Balaban J connectivity index is 0.000000694. The Kier molecular flexibility index (Phi) is 24.0. The molecule has 1 atom stereocenters. The quantitative estimate of drug-likeness (QED) is 0.164. The van der Waals surface area contributed by atoms with Crippen LogP contribution in [-0.4, -0.2) is 28.3 Å². The molecule has 3 aromatic carbocycles. The van der Waals surface area contributed by atoms with Gasteiger partial charge < -0.3 is 5.32 Å². The minimum absolute atomic E-state index is 0. The maximum Gasteiger partial charge on any atom is 0.0490 e. The Morgan fingerprint density at radius 1 is 0.450 bits per heavy atom. The van der Waals surface area contributed by atoms with Crippen LogP contribution in [-0.2, 0) is 27.1 Å². The topological polar surface area (TPSA) is 53.6 Å². The second-order valence-corrected chi connectivity index (χ2v) is 21.9. The van der Waals surface area contributed by atoms with Crippen molar-refractivity contribution >= 4 is 0 Å². The third-order valence-electron chi connectivity index (χ3n) is 10.2. The Hall–Kier alpha value is -4.02. The molecule has 0 saturated carbocycles. The van der Waals surface area contributed by atoms with E-state index < -0.39 is 0 Å². The summed E-state index contributed by atoms with van der Waals surface area (Å²) in [4.78, 5) is 4.25. The highest BCUT2D eigenvalue weighted by molar-refractivity contribution is 5.23. The van der Waals surface area contributed by atoms with Gasteiger partial charge in [0.15, 0.2) is 0 Å². The van der Waals surface area contributed by atoms with Crippen molar-refractivity contribution in [2.75, 3.05) is 13.1 Å². The third kappa shape index (κ3) is 24.3. The minimum Gasteiger partial charge on any atom is -0.316 e. The van der Waals surface area contributed by atoms with Crippen molar-refractivity contribution < 1.29 is 0 Å². The molecule has 0 aliphatic carbocycles. The third-order valence-corrected chi connectivity index (χ3v) is 10.2. The number of piperidine rings is 1. The van der Waals surface area contributed by atoms with E-state index in [1.807, 2.05) is 24.4 Å². The zero-order chi connectivity index (χ0) is 45.0.